The predicted octanol–water partition coefficient (Wildman–Crippen LogP) is 3.75. The molecular formula is C20H21N3O2S. The number of thioether (sulfide) groups is 1. The Kier molecular flexibility index (Phi) is 4.44. The van der Waals surface area contributed by atoms with E-state index in [1.807, 2.05) is 38.1 Å². The number of anilines is 1. The summed E-state index contributed by atoms with van der Waals surface area (Å²) in [7, 11) is 0. The van der Waals surface area contributed by atoms with Gasteiger partial charge in [-0.1, -0.05) is 48.5 Å². The van der Waals surface area contributed by atoms with Crippen LogP contribution in [-0.2, 0) is 4.79 Å². The highest BCUT2D eigenvalue weighted by molar-refractivity contribution is 7.99. The van der Waals surface area contributed by atoms with Crippen molar-refractivity contribution >= 4 is 23.4 Å². The average molecular weight is 367 g/mol. The predicted molar refractivity (Wildman–Crippen MR) is 104 cm³/mol. The van der Waals surface area contributed by atoms with Gasteiger partial charge in [0.25, 0.3) is 5.56 Å². The van der Waals surface area contributed by atoms with Crippen LogP contribution < -0.4 is 10.9 Å². The van der Waals surface area contributed by atoms with Gasteiger partial charge in [-0.15, -0.1) is 0 Å². The van der Waals surface area contributed by atoms with Crippen LogP contribution in [0.5, 0.6) is 0 Å². The van der Waals surface area contributed by atoms with Crippen molar-refractivity contribution < 1.29 is 4.79 Å². The van der Waals surface area contributed by atoms with Crippen molar-refractivity contribution in [3.05, 3.63) is 62.6 Å². The number of allylic oxidation sites excluding steroid dienone is 2. The summed E-state index contributed by atoms with van der Waals surface area (Å²) < 4.78 is 0. The van der Waals surface area contributed by atoms with E-state index >= 15 is 0 Å². The maximum atomic E-state index is 12.9. The van der Waals surface area contributed by atoms with E-state index < -0.39 is 0 Å². The molecule has 26 heavy (non-hydrogen) atoms. The molecule has 2 aliphatic rings. The van der Waals surface area contributed by atoms with Crippen molar-refractivity contribution in [2.24, 2.45) is 0 Å². The van der Waals surface area contributed by atoms with Crippen molar-refractivity contribution in [1.29, 1.82) is 0 Å². The van der Waals surface area contributed by atoms with Crippen LogP contribution in [0.3, 0.4) is 0 Å². The minimum atomic E-state index is -0.355. The van der Waals surface area contributed by atoms with Gasteiger partial charge < -0.3 is 10.3 Å². The third kappa shape index (κ3) is 2.88. The fourth-order valence-corrected chi connectivity index (χ4v) is 4.33. The number of nitrogens with one attached hydrogen (secondary N) is 2. The zero-order valence-electron chi connectivity index (χ0n) is 14.9. The fraction of sp³-hybridized carbons (Fsp3) is 0.350. The van der Waals surface area contributed by atoms with Gasteiger partial charge >= 0.3 is 0 Å². The highest BCUT2D eigenvalue weighted by atomic mass is 32.2. The number of hydrogen-bond donors (Lipinski definition) is 2. The summed E-state index contributed by atoms with van der Waals surface area (Å²) in [6.45, 7) is 4.05. The monoisotopic (exact) mass is 367 g/mol. The second-order valence-corrected chi connectivity index (χ2v) is 7.96. The smallest absolute Gasteiger partial charge is 0.257 e. The number of hydrogen-bond acceptors (Lipinski definition) is 5. The number of nitrogens with zero attached hydrogens (tertiary/aromatic N) is 1. The quantitative estimate of drug-likeness (QED) is 0.638. The molecule has 0 bridgehead atoms. The van der Waals surface area contributed by atoms with E-state index in [2.05, 4.69) is 15.3 Å². The maximum absolute atomic E-state index is 12.9. The highest BCUT2D eigenvalue weighted by Crippen LogP contribution is 2.43. The highest BCUT2D eigenvalue weighted by Gasteiger charge is 2.37. The van der Waals surface area contributed by atoms with Crippen molar-refractivity contribution in [2.75, 3.05) is 11.1 Å². The molecule has 1 aromatic heterocycles. The first-order chi connectivity index (χ1) is 12.6. The number of benzene rings is 1. The van der Waals surface area contributed by atoms with E-state index in [9.17, 15) is 9.59 Å². The lowest BCUT2D eigenvalue weighted by atomic mass is 9.76. The van der Waals surface area contributed by atoms with Crippen LogP contribution in [0.1, 0.15) is 48.8 Å². The van der Waals surface area contributed by atoms with Gasteiger partial charge in [0.2, 0.25) is 0 Å². The minimum Gasteiger partial charge on any atom is -0.343 e. The zero-order valence-corrected chi connectivity index (χ0v) is 15.7. The number of rotatable bonds is 3. The van der Waals surface area contributed by atoms with E-state index in [1.54, 1.807) is 0 Å². The Morgan fingerprint density at radius 2 is 1.96 bits per heavy atom. The summed E-state index contributed by atoms with van der Waals surface area (Å²) in [4.78, 5) is 33.1. The number of carbonyl (C=O) groups excluding carboxylic acids is 1. The normalized spacial score (nSPS) is 19.0. The van der Waals surface area contributed by atoms with Gasteiger partial charge in [-0.05, 0) is 31.1 Å². The van der Waals surface area contributed by atoms with Crippen LogP contribution in [-0.4, -0.2) is 21.5 Å². The van der Waals surface area contributed by atoms with Crippen LogP contribution in [0, 0.1) is 6.92 Å². The van der Waals surface area contributed by atoms with Crippen LogP contribution >= 0.6 is 11.8 Å². The number of H-pyrrole nitrogens is 1. The summed E-state index contributed by atoms with van der Waals surface area (Å²) >= 11 is 1.50. The van der Waals surface area contributed by atoms with Crippen LogP contribution in [0.25, 0.3) is 0 Å². The maximum Gasteiger partial charge on any atom is 0.257 e. The number of aromatic nitrogens is 2. The molecule has 1 aliphatic heterocycles. The Bertz CT molecular complexity index is 960. The topological polar surface area (TPSA) is 74.8 Å². The summed E-state index contributed by atoms with van der Waals surface area (Å²) in [6, 6.07) is 8.06. The van der Waals surface area contributed by atoms with Gasteiger partial charge in [-0.2, -0.15) is 0 Å². The molecule has 4 rings (SSSR count). The fourth-order valence-electron chi connectivity index (χ4n) is 3.74. The first-order valence-electron chi connectivity index (χ1n) is 8.95. The lowest BCUT2D eigenvalue weighted by molar-refractivity contribution is -0.116. The summed E-state index contributed by atoms with van der Waals surface area (Å²) in [6.07, 6.45) is 2.18. The van der Waals surface area contributed by atoms with Crippen LogP contribution in [0.4, 0.5) is 5.82 Å². The Morgan fingerprint density at radius 3 is 2.69 bits per heavy atom. The average Bonchev–Trinajstić information content (AvgIpc) is 2.61. The number of fused-ring (bicyclic) bond motifs is 1. The summed E-state index contributed by atoms with van der Waals surface area (Å²) in [5.74, 6) is 1.19. The van der Waals surface area contributed by atoms with Crippen LogP contribution in [0.15, 0.2) is 45.5 Å². The van der Waals surface area contributed by atoms with E-state index in [-0.39, 0.29) is 17.3 Å². The Labute approximate surface area is 156 Å². The molecule has 5 nitrogen and oxygen atoms in total. The Balaban J connectivity index is 1.94. The molecule has 1 aliphatic carbocycles. The lowest BCUT2D eigenvalue weighted by Gasteiger charge is -2.32. The van der Waals surface area contributed by atoms with Crippen molar-refractivity contribution in [3.63, 3.8) is 0 Å². The van der Waals surface area contributed by atoms with Gasteiger partial charge in [-0.25, -0.2) is 4.98 Å². The van der Waals surface area contributed by atoms with E-state index in [0.717, 1.165) is 41.0 Å². The van der Waals surface area contributed by atoms with Crippen molar-refractivity contribution in [1.82, 2.24) is 9.97 Å². The molecule has 0 radical (unpaired) electrons. The molecule has 2 heterocycles. The number of aryl methyl sites for hydroxylation is 1. The largest absolute Gasteiger partial charge is 0.343 e. The van der Waals surface area contributed by atoms with Crippen molar-refractivity contribution in [2.45, 2.75) is 44.2 Å². The molecule has 2 aromatic rings. The van der Waals surface area contributed by atoms with E-state index in [1.165, 1.54) is 11.8 Å². The van der Waals surface area contributed by atoms with Crippen LogP contribution in [0.2, 0.25) is 0 Å². The molecular weight excluding hydrogens is 346 g/mol. The lowest BCUT2D eigenvalue weighted by Crippen LogP contribution is -2.32. The molecule has 0 saturated heterocycles. The first kappa shape index (κ1) is 17.1. The number of Topliss-reactive ketones (excluding diaryl/α,β-unsaturated/α-hetero) is 1. The van der Waals surface area contributed by atoms with Gasteiger partial charge in [0.1, 0.15) is 5.82 Å². The van der Waals surface area contributed by atoms with E-state index in [0.29, 0.717) is 23.0 Å². The third-order valence-electron chi connectivity index (χ3n) is 4.93. The molecule has 0 spiro atoms. The summed E-state index contributed by atoms with van der Waals surface area (Å²) in [5, 5.41) is 3.90. The molecule has 0 saturated carbocycles. The van der Waals surface area contributed by atoms with Gasteiger partial charge in [0, 0.05) is 23.6 Å². The molecule has 6 heteroatoms. The molecule has 134 valence electrons. The third-order valence-corrected chi connectivity index (χ3v) is 5.68. The Morgan fingerprint density at radius 1 is 1.19 bits per heavy atom. The second-order valence-electron chi connectivity index (χ2n) is 6.70. The standard InChI is InChI=1S/C20H21N3O2S/c1-3-26-20-22-18-17(19(25)23-20)15(12-9-7-11(2)8-10-12)16-13(21-18)5-4-6-14(16)24/h7-10,15H,3-6H2,1-2H3,(H2,21,22,23,25)/t15-/m1/s1. The number of aromatic amines is 1. The molecule has 0 unspecified atom stereocenters. The van der Waals surface area contributed by atoms with Gasteiger partial charge in [-0.3, -0.25) is 9.59 Å². The Hall–Kier alpha value is -2.34. The first-order valence-corrected chi connectivity index (χ1v) is 9.94. The number of carbonyl (C=O) groups is 1. The molecule has 0 fully saturated rings. The zero-order chi connectivity index (χ0) is 18.3. The molecule has 0 amide bonds. The number of ketones is 1. The van der Waals surface area contributed by atoms with Gasteiger partial charge in [0.05, 0.1) is 5.56 Å². The SMILES string of the molecule is CCSc1nc2c(c(=O)[nH]1)[C@H](c1ccc(C)cc1)C1=C(CCCC1=O)N2. The van der Waals surface area contributed by atoms with Crippen molar-refractivity contribution in [3.8, 4) is 0 Å². The second kappa shape index (κ2) is 6.76. The molecule has 1 aromatic carbocycles. The molecule has 2 N–H and O–H groups in total. The van der Waals surface area contributed by atoms with E-state index in [4.69, 9.17) is 0 Å². The minimum absolute atomic E-state index is 0.126. The summed E-state index contributed by atoms with van der Waals surface area (Å²) in [5.41, 5.74) is 4.14. The van der Waals surface area contributed by atoms with Gasteiger partial charge in [0.15, 0.2) is 10.9 Å². The molecule has 1 atom stereocenters.